The standard InChI is InChI=1S/C23H35NO3/c1-4-9-27-20-12-23(3)14(10-18(20)25)5-7-16-17-8-6-15(13-24)22(17,2)11-19(26)21(16)23/h14-18,20-21,25H,4-12H2,1-3H3. The summed E-state index contributed by atoms with van der Waals surface area (Å²) in [6.45, 7) is 7.28. The summed E-state index contributed by atoms with van der Waals surface area (Å²) >= 11 is 0. The lowest BCUT2D eigenvalue weighted by Crippen LogP contribution is -2.60. The van der Waals surface area contributed by atoms with Gasteiger partial charge in [0, 0.05) is 18.9 Å². The van der Waals surface area contributed by atoms with E-state index >= 15 is 0 Å². The van der Waals surface area contributed by atoms with Gasteiger partial charge < -0.3 is 9.84 Å². The number of hydrogen-bond donors (Lipinski definition) is 1. The third-order valence-corrected chi connectivity index (χ3v) is 9.04. The van der Waals surface area contributed by atoms with Crippen molar-refractivity contribution in [2.75, 3.05) is 6.61 Å². The van der Waals surface area contributed by atoms with E-state index in [9.17, 15) is 15.2 Å². The van der Waals surface area contributed by atoms with Gasteiger partial charge >= 0.3 is 0 Å². The van der Waals surface area contributed by atoms with Crippen molar-refractivity contribution in [2.45, 2.75) is 84.3 Å². The predicted molar refractivity (Wildman–Crippen MR) is 103 cm³/mol. The summed E-state index contributed by atoms with van der Waals surface area (Å²) in [6, 6.07) is 2.52. The van der Waals surface area contributed by atoms with Crippen molar-refractivity contribution in [1.82, 2.24) is 0 Å². The molecule has 4 fully saturated rings. The molecule has 4 saturated carbocycles. The van der Waals surface area contributed by atoms with Gasteiger partial charge in [0.05, 0.1) is 24.2 Å². The second kappa shape index (κ2) is 6.85. The molecule has 9 atom stereocenters. The Morgan fingerprint density at radius 1 is 1.22 bits per heavy atom. The van der Waals surface area contributed by atoms with Gasteiger partial charge in [-0.05, 0) is 73.5 Å². The number of hydrogen-bond acceptors (Lipinski definition) is 4. The Labute approximate surface area is 163 Å². The summed E-state index contributed by atoms with van der Waals surface area (Å²) in [5.41, 5.74) is -0.188. The zero-order chi connectivity index (χ0) is 19.4. The fourth-order valence-corrected chi connectivity index (χ4v) is 7.72. The Kier molecular flexibility index (Phi) is 4.92. The van der Waals surface area contributed by atoms with E-state index in [1.54, 1.807) is 0 Å². The lowest BCUT2D eigenvalue weighted by atomic mass is 9.44. The third-order valence-electron chi connectivity index (χ3n) is 9.04. The number of carbonyl (C=O) groups excluding carboxylic acids is 1. The van der Waals surface area contributed by atoms with E-state index in [1.165, 1.54) is 0 Å². The van der Waals surface area contributed by atoms with Gasteiger partial charge in [0.1, 0.15) is 5.78 Å². The number of rotatable bonds is 3. The number of fused-ring (bicyclic) bond motifs is 5. The Hall–Kier alpha value is -0.920. The van der Waals surface area contributed by atoms with Crippen LogP contribution in [-0.2, 0) is 9.53 Å². The van der Waals surface area contributed by atoms with Crippen LogP contribution in [0.5, 0.6) is 0 Å². The second-order valence-electron chi connectivity index (χ2n) is 10.4. The fraction of sp³-hybridized carbons (Fsp3) is 0.913. The van der Waals surface area contributed by atoms with Crippen LogP contribution >= 0.6 is 0 Å². The van der Waals surface area contributed by atoms with Crippen molar-refractivity contribution in [2.24, 2.45) is 40.4 Å². The van der Waals surface area contributed by atoms with Crippen molar-refractivity contribution in [3.05, 3.63) is 0 Å². The monoisotopic (exact) mass is 373 g/mol. The molecular weight excluding hydrogens is 338 g/mol. The lowest BCUT2D eigenvalue weighted by molar-refractivity contribution is -0.179. The van der Waals surface area contributed by atoms with Gasteiger partial charge in [-0.3, -0.25) is 4.79 Å². The molecule has 4 rings (SSSR count). The van der Waals surface area contributed by atoms with Crippen LogP contribution in [0, 0.1) is 51.8 Å². The molecule has 4 aliphatic carbocycles. The van der Waals surface area contributed by atoms with E-state index in [0.29, 0.717) is 36.6 Å². The molecule has 0 aromatic rings. The van der Waals surface area contributed by atoms with Gasteiger partial charge in [-0.1, -0.05) is 20.8 Å². The van der Waals surface area contributed by atoms with Crippen LogP contribution in [0.25, 0.3) is 0 Å². The fourth-order valence-electron chi connectivity index (χ4n) is 7.72. The van der Waals surface area contributed by atoms with Gasteiger partial charge in [-0.15, -0.1) is 0 Å². The highest BCUT2D eigenvalue weighted by molar-refractivity contribution is 5.84. The van der Waals surface area contributed by atoms with Crippen molar-refractivity contribution >= 4 is 5.78 Å². The summed E-state index contributed by atoms with van der Waals surface area (Å²) in [6.07, 6.45) is 6.80. The van der Waals surface area contributed by atoms with E-state index in [2.05, 4.69) is 26.8 Å². The molecule has 0 spiro atoms. The van der Waals surface area contributed by atoms with Crippen molar-refractivity contribution in [3.8, 4) is 6.07 Å². The largest absolute Gasteiger partial charge is 0.390 e. The van der Waals surface area contributed by atoms with Crippen LogP contribution in [0.4, 0.5) is 0 Å². The van der Waals surface area contributed by atoms with Crippen LogP contribution < -0.4 is 0 Å². The molecule has 0 bridgehead atoms. The number of aliphatic hydroxyl groups is 1. The summed E-state index contributed by atoms with van der Waals surface area (Å²) < 4.78 is 6.01. The smallest absolute Gasteiger partial charge is 0.137 e. The van der Waals surface area contributed by atoms with Crippen LogP contribution in [0.2, 0.25) is 0 Å². The zero-order valence-electron chi connectivity index (χ0n) is 17.1. The highest BCUT2D eigenvalue weighted by Gasteiger charge is 2.64. The number of Topliss-reactive ketones (excluding diaryl/α,β-unsaturated/α-hetero) is 1. The molecule has 150 valence electrons. The van der Waals surface area contributed by atoms with Gasteiger partial charge in [0.2, 0.25) is 0 Å². The molecule has 0 aromatic carbocycles. The third kappa shape index (κ3) is 2.80. The average molecular weight is 374 g/mol. The molecule has 9 unspecified atom stereocenters. The first-order valence-corrected chi connectivity index (χ1v) is 11.1. The predicted octanol–water partition coefficient (Wildman–Crippen LogP) is 4.11. The molecule has 4 heteroatoms. The van der Waals surface area contributed by atoms with Gasteiger partial charge in [-0.2, -0.15) is 5.26 Å². The number of carbonyl (C=O) groups is 1. The SMILES string of the molecule is CCCOC1CC2(C)C(CCC3C4CCC(C#N)C4(C)CC(=O)C32)CC1O. The number of nitriles is 1. The molecule has 0 aromatic heterocycles. The van der Waals surface area contributed by atoms with Crippen molar-refractivity contribution in [3.63, 3.8) is 0 Å². The van der Waals surface area contributed by atoms with Gasteiger partial charge in [0.25, 0.3) is 0 Å². The van der Waals surface area contributed by atoms with Crippen LogP contribution in [0.15, 0.2) is 0 Å². The minimum atomic E-state index is -0.399. The van der Waals surface area contributed by atoms with E-state index in [4.69, 9.17) is 4.74 Å². The summed E-state index contributed by atoms with van der Waals surface area (Å²) in [5, 5.41) is 20.3. The molecule has 0 radical (unpaired) electrons. The van der Waals surface area contributed by atoms with Crippen molar-refractivity contribution < 1.29 is 14.6 Å². The van der Waals surface area contributed by atoms with Crippen LogP contribution in [-0.4, -0.2) is 29.7 Å². The van der Waals surface area contributed by atoms with Crippen LogP contribution in [0.1, 0.15) is 72.1 Å². The number of aliphatic hydroxyl groups excluding tert-OH is 1. The molecule has 4 nitrogen and oxygen atoms in total. The first-order chi connectivity index (χ1) is 12.8. The quantitative estimate of drug-likeness (QED) is 0.808. The average Bonchev–Trinajstić information content (AvgIpc) is 2.95. The van der Waals surface area contributed by atoms with E-state index in [0.717, 1.165) is 44.9 Å². The summed E-state index contributed by atoms with van der Waals surface area (Å²) in [5.74, 6) is 1.84. The van der Waals surface area contributed by atoms with Gasteiger partial charge in [0.15, 0.2) is 0 Å². The molecule has 4 aliphatic rings. The van der Waals surface area contributed by atoms with E-state index in [1.807, 2.05) is 0 Å². The van der Waals surface area contributed by atoms with Gasteiger partial charge in [-0.25, -0.2) is 0 Å². The van der Waals surface area contributed by atoms with Crippen molar-refractivity contribution in [1.29, 1.82) is 5.26 Å². The second-order valence-corrected chi connectivity index (χ2v) is 10.4. The topological polar surface area (TPSA) is 70.3 Å². The summed E-state index contributed by atoms with van der Waals surface area (Å²) in [4.78, 5) is 13.5. The maximum Gasteiger partial charge on any atom is 0.137 e. The van der Waals surface area contributed by atoms with Crippen LogP contribution in [0.3, 0.4) is 0 Å². The zero-order valence-corrected chi connectivity index (χ0v) is 17.1. The molecule has 27 heavy (non-hydrogen) atoms. The maximum atomic E-state index is 13.5. The highest BCUT2D eigenvalue weighted by atomic mass is 16.5. The van der Waals surface area contributed by atoms with E-state index < -0.39 is 6.10 Å². The minimum Gasteiger partial charge on any atom is -0.390 e. The molecule has 0 saturated heterocycles. The molecular formula is C23H35NO3. The minimum absolute atomic E-state index is 0.0340. The normalized spacial score (nSPS) is 51.8. The maximum absolute atomic E-state index is 13.5. The number of nitrogens with zero attached hydrogens (tertiary/aromatic N) is 1. The first-order valence-electron chi connectivity index (χ1n) is 11.1. The number of ether oxygens (including phenoxy) is 1. The molecule has 0 aliphatic heterocycles. The molecule has 1 N–H and O–H groups in total. The number of ketones is 1. The lowest BCUT2D eigenvalue weighted by Gasteiger charge is -2.60. The Morgan fingerprint density at radius 2 is 2.00 bits per heavy atom. The Bertz CT molecular complexity index is 642. The highest BCUT2D eigenvalue weighted by Crippen LogP contribution is 2.66. The molecule has 0 amide bonds. The van der Waals surface area contributed by atoms with E-state index in [-0.39, 0.29) is 28.8 Å². The first kappa shape index (κ1) is 19.4. The molecule has 0 heterocycles. The summed E-state index contributed by atoms with van der Waals surface area (Å²) in [7, 11) is 0. The Balaban J connectivity index is 1.63. The Morgan fingerprint density at radius 3 is 2.70 bits per heavy atom.